The molecule has 4 aromatic carbocycles. The zero-order valence-corrected chi connectivity index (χ0v) is 62.0. The lowest BCUT2D eigenvalue weighted by Gasteiger charge is -2.73. The highest BCUT2D eigenvalue weighted by molar-refractivity contribution is 5.92. The summed E-state index contributed by atoms with van der Waals surface area (Å²) in [4.78, 5) is 12.8. The van der Waals surface area contributed by atoms with Crippen LogP contribution in [0.2, 0.25) is 0 Å². The summed E-state index contributed by atoms with van der Waals surface area (Å²) in [6, 6.07) is 16.0. The third-order valence-corrected chi connectivity index (χ3v) is 27.3. The molecule has 17 rings (SSSR count). The van der Waals surface area contributed by atoms with E-state index in [0.29, 0.717) is 37.6 Å². The molecule has 11 aliphatic rings. The number of aliphatic hydroxyl groups excluding tert-OH is 8. The van der Waals surface area contributed by atoms with Gasteiger partial charge in [0.1, 0.15) is 88.6 Å². The molecule has 3 saturated heterocycles. The number of aliphatic hydroxyl groups is 8. The SMILES string of the molecule is CC1(C)C=Cc2c(ccc(-c3coc4cc(O)cc(O)c4c3=O)c2O)O1.COc1ccc2cc3[n+](cc2c1OC)CCc1cc2c(cc1-3)OCO2.C[C@H]1O[C@@H](O[C@H]2CC[C@@]3(C)[C@@H](CC[C@]4(C)[C@@H]3C=C[C@]35OC[C@@]6(CCC(C)(C)C[C@H]63)[C@@H](O)C[C@]54C)[C@]2(C)CO)[C@H](O)[C@@H](O[C@@H]2O[C@H](CO)[C@@H](O)[C@H](O)[C@H]2O)[C@H]1O. The molecule has 6 aromatic rings. The highest BCUT2D eigenvalue weighted by Gasteiger charge is 2.79. The minimum Gasteiger partial charge on any atom is -0.508 e. The first-order valence-electron chi connectivity index (χ1n) is 37.2. The molecule has 0 radical (unpaired) electrons. The molecule has 21 atom stereocenters. The summed E-state index contributed by atoms with van der Waals surface area (Å²) >= 11 is 0. The van der Waals surface area contributed by atoms with Gasteiger partial charge in [-0.15, -0.1) is 0 Å². The zero-order chi connectivity index (χ0) is 75.5. The number of ether oxygens (including phenoxy) is 10. The van der Waals surface area contributed by atoms with E-state index in [9.17, 15) is 61.0 Å². The number of methoxy groups -OCH3 is 2. The summed E-state index contributed by atoms with van der Waals surface area (Å²) in [5.41, 5.74) is 1.65. The third-order valence-electron chi connectivity index (χ3n) is 27.3. The van der Waals surface area contributed by atoms with Gasteiger partial charge < -0.3 is 108 Å². The highest BCUT2D eigenvalue weighted by Crippen LogP contribution is 2.79. The fourth-order valence-electron chi connectivity index (χ4n) is 21.1. The van der Waals surface area contributed by atoms with Crippen molar-refractivity contribution in [2.45, 2.75) is 211 Å². The van der Waals surface area contributed by atoms with E-state index in [1.807, 2.05) is 26.0 Å². The number of hydrogen-bond acceptors (Lipinski definition) is 23. The fraction of sp³-hybridized carbons (Fsp3) is 0.585. The lowest BCUT2D eigenvalue weighted by Crippen LogP contribution is -2.72. The Morgan fingerprint density at radius 1 is 0.708 bits per heavy atom. The minimum absolute atomic E-state index is 0.0414. The summed E-state index contributed by atoms with van der Waals surface area (Å²) in [5.74, 6) is 3.42. The molecule has 5 aliphatic carbocycles. The maximum Gasteiger partial charge on any atom is 0.231 e. The van der Waals surface area contributed by atoms with E-state index in [1.54, 1.807) is 39.4 Å². The monoisotopic (exact) mass is 1470 g/mol. The van der Waals surface area contributed by atoms with Crippen LogP contribution in [0, 0.1) is 50.2 Å². The van der Waals surface area contributed by atoms with Gasteiger partial charge in [-0.2, -0.15) is 4.57 Å². The van der Waals surface area contributed by atoms with E-state index < -0.39 is 108 Å². The second-order valence-corrected chi connectivity index (χ2v) is 34.0. The summed E-state index contributed by atoms with van der Waals surface area (Å²) in [7, 11) is 3.34. The van der Waals surface area contributed by atoms with Gasteiger partial charge in [0.2, 0.25) is 17.9 Å². The fourth-order valence-corrected chi connectivity index (χ4v) is 21.1. The Bertz CT molecular complexity index is 4530. The van der Waals surface area contributed by atoms with Crippen molar-refractivity contribution in [1.82, 2.24) is 0 Å². The maximum absolute atomic E-state index is 12.8. The number of benzene rings is 4. The molecule has 8 heterocycles. The molecule has 6 aliphatic heterocycles. The van der Waals surface area contributed by atoms with E-state index >= 15 is 0 Å². The molecule has 24 heteroatoms. The van der Waals surface area contributed by atoms with Crippen LogP contribution in [0.3, 0.4) is 0 Å². The number of phenolic OH excluding ortho intramolecular Hbond substituents is 3. The lowest BCUT2D eigenvalue weighted by atomic mass is 9.32. The molecule has 1 spiro atoms. The average Bonchev–Trinajstić information content (AvgIpc) is 1.36. The van der Waals surface area contributed by atoms with Crippen molar-refractivity contribution in [1.29, 1.82) is 0 Å². The number of pyridine rings is 1. The lowest BCUT2D eigenvalue weighted by molar-refractivity contribution is -0.686. The van der Waals surface area contributed by atoms with E-state index in [4.69, 9.17) is 51.8 Å². The smallest absolute Gasteiger partial charge is 0.231 e. The van der Waals surface area contributed by atoms with Gasteiger partial charge in [-0.3, -0.25) is 4.79 Å². The Labute approximate surface area is 615 Å². The van der Waals surface area contributed by atoms with Gasteiger partial charge in [-0.1, -0.05) is 53.7 Å². The maximum atomic E-state index is 12.8. The van der Waals surface area contributed by atoms with Crippen LogP contribution < -0.4 is 33.7 Å². The number of phenols is 3. The van der Waals surface area contributed by atoms with Crippen molar-refractivity contribution >= 4 is 27.8 Å². The number of allylic oxidation sites excluding steroid dienone is 1. The Kier molecular flexibility index (Phi) is 18.6. The standard InChI is InChI=1S/C42H68O13.C20H18NO4.C20H16O6/c1-21-28(46)33(55-34-31(49)30(48)29(47)22(18-43)53-34)32(50)35(52-21)54-27-10-11-37(4)23(38(27,5)19-44)8-12-39(6)24(37)9-13-42-25-16-36(2,3)14-15-41(25,20-51-42)26(45)17-40(39,42)7;1-22-17-4-3-12-7-16-14-9-19-18(24-11-25-19)8-13(14)5-6-21(16)10-15(12)20(17)23-2;1-20(2)6-5-12-15(26-20)4-3-11(18(12)23)13-9-25-16-8-10(21)7-14(22)17(16)19(13)24/h9,13,21-35,43-50H,8,10-12,14-20H2,1-7H3;3-4,7-10H,5-6,11H2,1-2H3;3-9,21-23H,1-2H3/q;+1;/t21-,22-,23-,24-,25-,26+,27+,28+,29-,30+,31-,32-,33+,34+,35+,37+,38+,39-,40+,41-,42+;;/m1../s1. The van der Waals surface area contributed by atoms with Crippen molar-refractivity contribution in [3.05, 3.63) is 107 Å². The van der Waals surface area contributed by atoms with Gasteiger partial charge in [0.25, 0.3) is 0 Å². The molecule has 24 nitrogen and oxygen atoms in total. The number of aromatic nitrogens is 1. The van der Waals surface area contributed by atoms with Gasteiger partial charge in [0.05, 0.1) is 80.0 Å². The Hall–Kier alpha value is -7.14. The van der Waals surface area contributed by atoms with E-state index in [0.717, 1.165) is 91.3 Å². The molecule has 106 heavy (non-hydrogen) atoms. The van der Waals surface area contributed by atoms with Crippen molar-refractivity contribution in [2.24, 2.45) is 50.2 Å². The second-order valence-electron chi connectivity index (χ2n) is 34.0. The quantitative estimate of drug-likeness (QED) is 0.0366. The molecular formula is C82H102NO23+. The number of fused-ring (bicyclic) bond motifs is 11. The second kappa shape index (κ2) is 26.6. The van der Waals surface area contributed by atoms with Crippen LogP contribution in [-0.4, -0.2) is 182 Å². The molecule has 4 saturated carbocycles. The van der Waals surface area contributed by atoms with Gasteiger partial charge in [0, 0.05) is 52.3 Å². The topological polar surface area (TPSA) is 349 Å². The van der Waals surface area contributed by atoms with Crippen molar-refractivity contribution in [3.8, 4) is 68.4 Å². The largest absolute Gasteiger partial charge is 0.508 e. The first-order valence-corrected chi connectivity index (χ1v) is 37.2. The van der Waals surface area contributed by atoms with Crippen LogP contribution in [0.15, 0.2) is 94.5 Å². The van der Waals surface area contributed by atoms with E-state index in [-0.39, 0.29) is 85.0 Å². The van der Waals surface area contributed by atoms with Crippen LogP contribution in [0.4, 0.5) is 0 Å². The van der Waals surface area contributed by atoms with E-state index in [2.05, 4.69) is 88.7 Å². The predicted octanol–water partition coefficient (Wildman–Crippen LogP) is 8.63. The highest BCUT2D eigenvalue weighted by atomic mass is 16.7. The third kappa shape index (κ3) is 11.4. The zero-order valence-electron chi connectivity index (χ0n) is 62.0. The van der Waals surface area contributed by atoms with Crippen LogP contribution in [0.5, 0.6) is 46.0 Å². The number of aromatic hydroxyl groups is 3. The molecule has 0 amide bonds. The number of hydrogen-bond donors (Lipinski definition) is 11. The molecule has 2 bridgehead atoms. The van der Waals surface area contributed by atoms with Crippen LogP contribution in [0.25, 0.3) is 50.2 Å². The van der Waals surface area contributed by atoms with E-state index in [1.165, 1.54) is 29.2 Å². The summed E-state index contributed by atoms with van der Waals surface area (Å²) in [5, 5.41) is 119. The predicted molar refractivity (Wildman–Crippen MR) is 386 cm³/mol. The van der Waals surface area contributed by atoms with Gasteiger partial charge in [-0.05, 0) is 160 Å². The van der Waals surface area contributed by atoms with Crippen LogP contribution in [0.1, 0.15) is 125 Å². The van der Waals surface area contributed by atoms with Crippen LogP contribution >= 0.6 is 0 Å². The molecule has 2 aromatic heterocycles. The van der Waals surface area contributed by atoms with Gasteiger partial charge in [0.15, 0.2) is 48.3 Å². The normalized spacial score (nSPS) is 37.9. The Morgan fingerprint density at radius 3 is 2.20 bits per heavy atom. The summed E-state index contributed by atoms with van der Waals surface area (Å²) in [6.07, 6.45) is 4.48. The van der Waals surface area contributed by atoms with Crippen molar-refractivity contribution < 1.29 is 113 Å². The average molecular weight is 1470 g/mol. The Balaban J connectivity index is 0.000000145. The van der Waals surface area contributed by atoms with Crippen LogP contribution in [-0.2, 0) is 36.6 Å². The van der Waals surface area contributed by atoms with Gasteiger partial charge >= 0.3 is 0 Å². The molecule has 0 unspecified atom stereocenters. The molecule has 572 valence electrons. The number of aryl methyl sites for hydroxylation is 2. The molecule has 7 fully saturated rings. The van der Waals surface area contributed by atoms with Crippen molar-refractivity contribution in [3.63, 3.8) is 0 Å². The molecular weight excluding hydrogens is 1370 g/mol. The number of rotatable bonds is 9. The minimum atomic E-state index is -1.72. The first-order chi connectivity index (χ1) is 50.2. The first kappa shape index (κ1) is 74.3. The van der Waals surface area contributed by atoms with Crippen molar-refractivity contribution in [2.75, 3.05) is 40.8 Å². The summed E-state index contributed by atoms with van der Waals surface area (Å²) in [6.45, 7) is 20.4. The Morgan fingerprint density at radius 2 is 1.46 bits per heavy atom. The van der Waals surface area contributed by atoms with Gasteiger partial charge in [-0.25, -0.2) is 0 Å². The summed E-state index contributed by atoms with van der Waals surface area (Å²) < 4.78 is 66.8. The number of nitrogens with zero attached hydrogens (tertiary/aromatic N) is 1. The molecule has 11 N–H and O–H groups in total.